The lowest BCUT2D eigenvalue weighted by Crippen LogP contribution is -2.27. The highest BCUT2D eigenvalue weighted by molar-refractivity contribution is 6.34. The number of hydrogen-bond donors (Lipinski definition) is 3. The lowest BCUT2D eigenvalue weighted by molar-refractivity contribution is -0.137. The molecule has 222 valence electrons. The minimum absolute atomic E-state index is 0.0379. The van der Waals surface area contributed by atoms with Crippen molar-refractivity contribution in [3.8, 4) is 0 Å². The molecule has 0 fully saturated rings. The molecule has 0 spiro atoms. The predicted molar refractivity (Wildman–Crippen MR) is 159 cm³/mol. The van der Waals surface area contributed by atoms with E-state index in [4.69, 9.17) is 23.2 Å². The van der Waals surface area contributed by atoms with Crippen molar-refractivity contribution in [2.24, 2.45) is 18.6 Å². The fourth-order valence-electron chi connectivity index (χ4n) is 4.21. The first kappa shape index (κ1) is 31.8. The van der Waals surface area contributed by atoms with Crippen molar-refractivity contribution in [2.45, 2.75) is 26.4 Å². The maximum atomic E-state index is 13.9. The van der Waals surface area contributed by atoms with Gasteiger partial charge in [0.2, 0.25) is 0 Å². The number of hydrazine groups is 1. The molecule has 1 aromatic heterocycles. The Balaban J connectivity index is 1.90. The highest BCUT2D eigenvalue weighted by Gasteiger charge is 2.35. The normalized spacial score (nSPS) is 12.1. The molecule has 0 saturated carbocycles. The summed E-state index contributed by atoms with van der Waals surface area (Å²) in [5.41, 5.74) is 8.69. The fourth-order valence-corrected chi connectivity index (χ4v) is 4.57. The first-order valence-electron chi connectivity index (χ1n) is 12.8. The number of aryl methyl sites for hydroxylation is 2. The van der Waals surface area contributed by atoms with Crippen LogP contribution in [0.1, 0.15) is 39.2 Å². The molecule has 41 heavy (non-hydrogen) atoms. The number of aromatic nitrogens is 2. The summed E-state index contributed by atoms with van der Waals surface area (Å²) in [6.07, 6.45) is -0.867. The number of anilines is 3. The monoisotopic (exact) mass is 592 g/mol. The Bertz CT molecular complexity index is 1430. The van der Waals surface area contributed by atoms with E-state index in [-0.39, 0.29) is 16.9 Å². The van der Waals surface area contributed by atoms with Crippen molar-refractivity contribution >= 4 is 40.3 Å². The van der Waals surface area contributed by atoms with Crippen LogP contribution >= 0.6 is 11.6 Å². The number of benzene rings is 2. The summed E-state index contributed by atoms with van der Waals surface area (Å²) in [6, 6.07) is 7.07. The number of nitrogens with zero attached hydrogens (tertiary/aromatic N) is 5. The standard InChI is InChI=1S/C28H36ClF3N8O/c1-17-8-9-19(12-24(17)40(34)16-23(33)21-15-35-39(6)18(21)2)27(41)36-20-13-22(28(30,31)32)26(29)25(14-20)38(5)11-7-10-37(3)4/h8-9,12-16H,7,10-11,33-34H2,1-6H3,(H,36,41)/b23-16-. The number of hydrogen-bond acceptors (Lipinski definition) is 7. The van der Waals surface area contributed by atoms with E-state index in [2.05, 4.69) is 10.4 Å². The second kappa shape index (κ2) is 12.8. The van der Waals surface area contributed by atoms with Gasteiger partial charge in [-0.2, -0.15) is 18.3 Å². The molecular formula is C28H36ClF3N8O. The van der Waals surface area contributed by atoms with Crippen LogP contribution < -0.4 is 26.8 Å². The van der Waals surface area contributed by atoms with Crippen LogP contribution in [0.25, 0.3) is 5.70 Å². The van der Waals surface area contributed by atoms with Crippen molar-refractivity contribution in [1.82, 2.24) is 14.7 Å². The Morgan fingerprint density at radius 1 is 1.12 bits per heavy atom. The van der Waals surface area contributed by atoms with E-state index in [1.807, 2.05) is 32.8 Å². The van der Waals surface area contributed by atoms with Crippen LogP contribution in [0.5, 0.6) is 0 Å². The van der Waals surface area contributed by atoms with Gasteiger partial charge in [-0.15, -0.1) is 0 Å². The van der Waals surface area contributed by atoms with Crippen molar-refractivity contribution < 1.29 is 18.0 Å². The first-order valence-corrected chi connectivity index (χ1v) is 13.2. The number of amides is 1. The van der Waals surface area contributed by atoms with Gasteiger partial charge in [-0.05, 0) is 70.7 Å². The summed E-state index contributed by atoms with van der Waals surface area (Å²) in [5.74, 6) is 5.66. The van der Waals surface area contributed by atoms with Gasteiger partial charge in [0.1, 0.15) is 0 Å². The maximum Gasteiger partial charge on any atom is 0.417 e. The Morgan fingerprint density at radius 3 is 2.39 bits per heavy atom. The number of nitrogens with two attached hydrogens (primary N) is 2. The number of halogens is 4. The Labute approximate surface area is 243 Å². The van der Waals surface area contributed by atoms with Crippen LogP contribution in [0, 0.1) is 13.8 Å². The molecule has 0 radical (unpaired) electrons. The molecular weight excluding hydrogens is 557 g/mol. The Hall–Kier alpha value is -3.74. The summed E-state index contributed by atoms with van der Waals surface area (Å²) in [4.78, 5) is 16.8. The van der Waals surface area contributed by atoms with Crippen LogP contribution in [0.15, 0.2) is 42.7 Å². The van der Waals surface area contributed by atoms with E-state index in [0.717, 1.165) is 23.9 Å². The predicted octanol–water partition coefficient (Wildman–Crippen LogP) is 4.99. The zero-order valence-corrected chi connectivity index (χ0v) is 24.7. The van der Waals surface area contributed by atoms with Crippen LogP contribution in [-0.2, 0) is 13.2 Å². The average Bonchev–Trinajstić information content (AvgIpc) is 3.22. The SMILES string of the molecule is Cc1ccc(C(=O)Nc2cc(N(C)CCCN(C)C)c(Cl)c(C(F)(F)F)c2)cc1N(N)/C=C(\N)c1cnn(C)c1C. The lowest BCUT2D eigenvalue weighted by atomic mass is 10.1. The van der Waals surface area contributed by atoms with E-state index >= 15 is 0 Å². The quantitative estimate of drug-likeness (QED) is 0.225. The van der Waals surface area contributed by atoms with Gasteiger partial charge < -0.3 is 20.9 Å². The molecule has 0 aliphatic heterocycles. The van der Waals surface area contributed by atoms with Crippen LogP contribution in [0.2, 0.25) is 5.02 Å². The second-order valence-corrected chi connectivity index (χ2v) is 10.5. The molecule has 0 bridgehead atoms. The second-order valence-electron chi connectivity index (χ2n) is 10.1. The summed E-state index contributed by atoms with van der Waals surface area (Å²) >= 11 is 6.20. The Morgan fingerprint density at radius 2 is 1.80 bits per heavy atom. The fraction of sp³-hybridized carbons (Fsp3) is 0.357. The van der Waals surface area contributed by atoms with Gasteiger partial charge in [-0.25, -0.2) is 5.84 Å². The van der Waals surface area contributed by atoms with Crippen molar-refractivity contribution in [3.63, 3.8) is 0 Å². The molecule has 0 aliphatic rings. The first-order chi connectivity index (χ1) is 19.1. The van der Waals surface area contributed by atoms with Crippen LogP contribution in [0.3, 0.4) is 0 Å². The molecule has 0 atom stereocenters. The van der Waals surface area contributed by atoms with Crippen molar-refractivity contribution in [2.75, 3.05) is 49.5 Å². The third kappa shape index (κ3) is 7.72. The molecule has 0 saturated heterocycles. The average molecular weight is 593 g/mol. The molecule has 3 aromatic rings. The zero-order valence-electron chi connectivity index (χ0n) is 24.0. The van der Waals surface area contributed by atoms with E-state index in [1.165, 1.54) is 17.3 Å². The van der Waals surface area contributed by atoms with E-state index in [9.17, 15) is 18.0 Å². The smallest absolute Gasteiger partial charge is 0.397 e. The number of alkyl halides is 3. The number of carbonyl (C=O) groups excluding carboxylic acids is 1. The van der Waals surface area contributed by atoms with Gasteiger partial charge >= 0.3 is 6.18 Å². The minimum Gasteiger partial charge on any atom is -0.397 e. The van der Waals surface area contributed by atoms with E-state index in [1.54, 1.807) is 48.1 Å². The van der Waals surface area contributed by atoms with Crippen LogP contribution in [0.4, 0.5) is 30.2 Å². The van der Waals surface area contributed by atoms with Gasteiger partial charge in [-0.1, -0.05) is 17.7 Å². The van der Waals surface area contributed by atoms with E-state index < -0.39 is 22.7 Å². The molecule has 13 heteroatoms. The zero-order chi connectivity index (χ0) is 30.6. The number of rotatable bonds is 10. The highest BCUT2D eigenvalue weighted by Crippen LogP contribution is 2.42. The molecule has 1 heterocycles. The molecule has 3 rings (SSSR count). The summed E-state index contributed by atoms with van der Waals surface area (Å²) in [5, 5.41) is 7.63. The molecule has 0 aliphatic carbocycles. The Kier molecular flexibility index (Phi) is 9.95. The summed E-state index contributed by atoms with van der Waals surface area (Å²) < 4.78 is 43.3. The minimum atomic E-state index is -4.72. The topological polar surface area (TPSA) is 109 Å². The summed E-state index contributed by atoms with van der Waals surface area (Å²) in [6.45, 7) is 4.90. The van der Waals surface area contributed by atoms with Gasteiger partial charge in [0.05, 0.1) is 33.9 Å². The van der Waals surface area contributed by atoms with Gasteiger partial charge in [0.25, 0.3) is 5.91 Å². The van der Waals surface area contributed by atoms with Gasteiger partial charge in [-0.3, -0.25) is 14.5 Å². The third-order valence-corrected chi connectivity index (χ3v) is 7.10. The molecule has 5 N–H and O–H groups in total. The van der Waals surface area contributed by atoms with Crippen LogP contribution in [-0.4, -0.2) is 54.8 Å². The largest absolute Gasteiger partial charge is 0.417 e. The number of nitrogens with one attached hydrogen (secondary N) is 1. The van der Waals surface area contributed by atoms with Crippen molar-refractivity contribution in [1.29, 1.82) is 0 Å². The molecule has 9 nitrogen and oxygen atoms in total. The van der Waals surface area contributed by atoms with Gasteiger partial charge in [0, 0.05) is 49.3 Å². The molecule has 0 unspecified atom stereocenters. The van der Waals surface area contributed by atoms with Gasteiger partial charge in [0.15, 0.2) is 0 Å². The molecule has 1 amide bonds. The highest BCUT2D eigenvalue weighted by atomic mass is 35.5. The maximum absolute atomic E-state index is 13.9. The van der Waals surface area contributed by atoms with Crippen molar-refractivity contribution in [3.05, 3.63) is 75.7 Å². The lowest BCUT2D eigenvalue weighted by Gasteiger charge is -2.24. The third-order valence-electron chi connectivity index (χ3n) is 6.70. The molecule has 2 aromatic carbocycles. The summed E-state index contributed by atoms with van der Waals surface area (Å²) in [7, 11) is 7.29. The van der Waals surface area contributed by atoms with E-state index in [0.29, 0.717) is 29.9 Å². The number of carbonyl (C=O) groups is 1.